The van der Waals surface area contributed by atoms with Crippen LogP contribution in [0.1, 0.15) is 0 Å². The maximum atomic E-state index is 6.16. The van der Waals surface area contributed by atoms with Gasteiger partial charge in [0.2, 0.25) is 0 Å². The second kappa shape index (κ2) is 12.1. The number of rotatable bonds is 6. The van der Waals surface area contributed by atoms with Crippen LogP contribution in [0.5, 0.6) is 0 Å². The van der Waals surface area contributed by atoms with Crippen molar-refractivity contribution < 1.29 is 4.42 Å². The van der Waals surface area contributed by atoms with E-state index in [-0.39, 0.29) is 0 Å². The SMILES string of the molecule is c1cncc(-c2ccc(N(c3ccc(-c4nc5ccc6oc7ccccc7c6c5s4)cc3)c3ccc(-c4cccc5ccccc45)cc3)cc2)c1. The number of hydrogen-bond donors (Lipinski definition) is 0. The number of aromatic nitrogens is 2. The Morgan fingerprint density at radius 1 is 0.490 bits per heavy atom. The summed E-state index contributed by atoms with van der Waals surface area (Å²) in [4.78, 5) is 11.7. The van der Waals surface area contributed by atoms with Gasteiger partial charge in [0.1, 0.15) is 16.2 Å². The summed E-state index contributed by atoms with van der Waals surface area (Å²) in [5.41, 5.74) is 11.7. The molecule has 3 heterocycles. The third kappa shape index (κ3) is 5.14. The highest BCUT2D eigenvalue weighted by Gasteiger charge is 2.17. The fourth-order valence-electron chi connectivity index (χ4n) is 7.12. The molecule has 0 saturated carbocycles. The van der Waals surface area contributed by atoms with E-state index in [0.717, 1.165) is 70.9 Å². The molecule has 0 amide bonds. The summed E-state index contributed by atoms with van der Waals surface area (Å²) in [5.74, 6) is 0. The van der Waals surface area contributed by atoms with E-state index in [2.05, 4.69) is 149 Å². The Bertz CT molecular complexity index is 2830. The molecule has 0 saturated heterocycles. The lowest BCUT2D eigenvalue weighted by Gasteiger charge is -2.26. The average molecular weight is 672 g/mol. The van der Waals surface area contributed by atoms with Crippen molar-refractivity contribution in [3.05, 3.63) is 176 Å². The third-order valence-corrected chi connectivity index (χ3v) is 10.8. The summed E-state index contributed by atoms with van der Waals surface area (Å²) in [6.07, 6.45) is 3.71. The van der Waals surface area contributed by atoms with E-state index >= 15 is 0 Å². The highest BCUT2D eigenvalue weighted by Crippen LogP contribution is 2.42. The van der Waals surface area contributed by atoms with Gasteiger partial charge in [-0.1, -0.05) is 91.0 Å². The lowest BCUT2D eigenvalue weighted by atomic mass is 9.98. The van der Waals surface area contributed by atoms with Crippen LogP contribution in [0.3, 0.4) is 0 Å². The molecular weight excluding hydrogens is 643 g/mol. The maximum absolute atomic E-state index is 6.16. The molecule has 0 bridgehead atoms. The van der Waals surface area contributed by atoms with Crippen LogP contribution in [-0.4, -0.2) is 9.97 Å². The molecule has 10 aromatic rings. The van der Waals surface area contributed by atoms with E-state index in [9.17, 15) is 0 Å². The lowest BCUT2D eigenvalue weighted by molar-refractivity contribution is 0.669. The second-order valence-corrected chi connectivity index (χ2v) is 13.6. The van der Waals surface area contributed by atoms with Gasteiger partial charge in [0.05, 0.1) is 10.2 Å². The number of nitrogens with zero attached hydrogens (tertiary/aromatic N) is 3. The zero-order valence-corrected chi connectivity index (χ0v) is 28.2. The van der Waals surface area contributed by atoms with Gasteiger partial charge in [-0.25, -0.2) is 4.98 Å². The Morgan fingerprint density at radius 3 is 1.90 bits per heavy atom. The topological polar surface area (TPSA) is 42.2 Å². The van der Waals surface area contributed by atoms with E-state index in [1.165, 1.54) is 21.9 Å². The molecule has 4 nitrogen and oxygen atoms in total. The molecule has 0 unspecified atom stereocenters. The minimum atomic E-state index is 0.894. The van der Waals surface area contributed by atoms with Gasteiger partial charge in [-0.3, -0.25) is 4.98 Å². The van der Waals surface area contributed by atoms with Crippen LogP contribution in [0.4, 0.5) is 17.1 Å². The zero-order chi connectivity index (χ0) is 33.7. The van der Waals surface area contributed by atoms with Gasteiger partial charge in [-0.15, -0.1) is 11.3 Å². The van der Waals surface area contributed by atoms with Gasteiger partial charge in [0.15, 0.2) is 0 Å². The summed E-state index contributed by atoms with van der Waals surface area (Å²) in [6, 6.07) is 57.8. The second-order valence-electron chi connectivity index (χ2n) is 12.6. The summed E-state index contributed by atoms with van der Waals surface area (Å²) >= 11 is 1.72. The smallest absolute Gasteiger partial charge is 0.137 e. The van der Waals surface area contributed by atoms with Gasteiger partial charge >= 0.3 is 0 Å². The van der Waals surface area contributed by atoms with Gasteiger partial charge in [0.25, 0.3) is 0 Å². The number of thiazole rings is 1. The van der Waals surface area contributed by atoms with Crippen LogP contribution in [0.25, 0.3) is 75.8 Å². The van der Waals surface area contributed by atoms with Crippen molar-refractivity contribution in [3.8, 4) is 32.8 Å². The quantitative estimate of drug-likeness (QED) is 0.176. The summed E-state index contributed by atoms with van der Waals surface area (Å²) in [6.45, 7) is 0. The predicted molar refractivity (Wildman–Crippen MR) is 213 cm³/mol. The van der Waals surface area contributed by atoms with Crippen molar-refractivity contribution in [2.24, 2.45) is 0 Å². The van der Waals surface area contributed by atoms with Crippen molar-refractivity contribution in [2.75, 3.05) is 4.90 Å². The van der Waals surface area contributed by atoms with E-state index < -0.39 is 0 Å². The van der Waals surface area contributed by atoms with E-state index in [1.807, 2.05) is 30.5 Å². The Morgan fingerprint density at radius 2 is 1.16 bits per heavy atom. The Hall–Kier alpha value is -6.56. The van der Waals surface area contributed by atoms with Gasteiger partial charge in [-0.2, -0.15) is 0 Å². The van der Waals surface area contributed by atoms with Crippen LogP contribution in [-0.2, 0) is 0 Å². The highest BCUT2D eigenvalue weighted by molar-refractivity contribution is 7.22. The number of furan rings is 1. The molecule has 10 rings (SSSR count). The molecule has 0 aliphatic rings. The van der Waals surface area contributed by atoms with E-state index in [4.69, 9.17) is 9.40 Å². The van der Waals surface area contributed by atoms with Crippen molar-refractivity contribution in [1.29, 1.82) is 0 Å². The van der Waals surface area contributed by atoms with Crippen molar-refractivity contribution >= 4 is 71.3 Å². The first-order chi connectivity index (χ1) is 25.3. The summed E-state index contributed by atoms with van der Waals surface area (Å²) < 4.78 is 7.31. The van der Waals surface area contributed by atoms with Crippen molar-refractivity contribution in [1.82, 2.24) is 9.97 Å². The molecule has 51 heavy (non-hydrogen) atoms. The number of benzene rings is 7. The molecule has 0 N–H and O–H groups in total. The van der Waals surface area contributed by atoms with E-state index in [0.29, 0.717) is 0 Å². The molecule has 0 spiro atoms. The Balaban J connectivity index is 1.04. The molecule has 0 atom stereocenters. The van der Waals surface area contributed by atoms with Gasteiger partial charge in [-0.05, 0) is 106 Å². The Labute approximate surface area is 298 Å². The number of anilines is 3. The predicted octanol–water partition coefficient (Wildman–Crippen LogP) is 13.2. The van der Waals surface area contributed by atoms with Crippen LogP contribution in [0.15, 0.2) is 181 Å². The molecular formula is C46H29N3OS. The molecule has 0 radical (unpaired) electrons. The number of fused-ring (bicyclic) bond motifs is 6. The molecule has 240 valence electrons. The fraction of sp³-hybridized carbons (Fsp3) is 0. The number of para-hydroxylation sites is 1. The third-order valence-electron chi connectivity index (χ3n) is 9.61. The summed E-state index contributed by atoms with van der Waals surface area (Å²) in [5, 5.41) is 5.74. The lowest BCUT2D eigenvalue weighted by Crippen LogP contribution is -2.09. The number of pyridine rings is 1. The first-order valence-corrected chi connectivity index (χ1v) is 17.8. The van der Waals surface area contributed by atoms with Gasteiger partial charge in [0, 0.05) is 45.8 Å². The molecule has 0 fully saturated rings. The average Bonchev–Trinajstić information content (AvgIpc) is 3.81. The normalized spacial score (nSPS) is 11.5. The van der Waals surface area contributed by atoms with Gasteiger partial charge < -0.3 is 9.32 Å². The molecule has 3 aromatic heterocycles. The largest absolute Gasteiger partial charge is 0.456 e. The molecule has 5 heteroatoms. The first-order valence-electron chi connectivity index (χ1n) is 17.0. The van der Waals surface area contributed by atoms with Crippen molar-refractivity contribution in [2.45, 2.75) is 0 Å². The fourth-order valence-corrected chi connectivity index (χ4v) is 8.24. The first kappa shape index (κ1) is 29.4. The molecule has 0 aliphatic carbocycles. The zero-order valence-electron chi connectivity index (χ0n) is 27.4. The number of hydrogen-bond acceptors (Lipinski definition) is 5. The molecule has 0 aliphatic heterocycles. The minimum absolute atomic E-state index is 0.894. The van der Waals surface area contributed by atoms with Crippen LogP contribution in [0, 0.1) is 0 Å². The maximum Gasteiger partial charge on any atom is 0.137 e. The minimum Gasteiger partial charge on any atom is -0.456 e. The van der Waals surface area contributed by atoms with Crippen LogP contribution in [0.2, 0.25) is 0 Å². The standard InChI is InChI=1S/C46H29N3OS/c1-2-10-38-31(7-1)8-5-12-39(38)32-16-22-36(23-17-32)49(35-20-14-30(15-21-35)34-9-6-28-47-29-34)37-24-18-33(19-25-37)46-48-41-26-27-43-44(45(41)51-46)40-11-3-4-13-42(40)50-43/h1-29H. The Kier molecular flexibility index (Phi) is 6.96. The molecule has 7 aromatic carbocycles. The highest BCUT2D eigenvalue weighted by atomic mass is 32.1. The van der Waals surface area contributed by atoms with Crippen molar-refractivity contribution in [3.63, 3.8) is 0 Å². The van der Waals surface area contributed by atoms with E-state index in [1.54, 1.807) is 17.5 Å². The summed E-state index contributed by atoms with van der Waals surface area (Å²) in [7, 11) is 0. The monoisotopic (exact) mass is 671 g/mol. The van der Waals surface area contributed by atoms with Crippen LogP contribution >= 0.6 is 11.3 Å². The van der Waals surface area contributed by atoms with Crippen LogP contribution < -0.4 is 4.90 Å².